The SMILES string of the molecule is O=S(=O)(NC12CC(Cl)(C1)C2)c1cccnc1. The molecule has 4 rings (SSSR count). The number of rotatable bonds is 3. The molecule has 0 radical (unpaired) electrons. The van der Waals surface area contributed by atoms with Crippen LogP contribution in [0.3, 0.4) is 0 Å². The van der Waals surface area contributed by atoms with Gasteiger partial charge in [0, 0.05) is 17.9 Å². The minimum absolute atomic E-state index is 0.128. The van der Waals surface area contributed by atoms with E-state index in [0.29, 0.717) is 0 Å². The van der Waals surface area contributed by atoms with Gasteiger partial charge in [-0.2, -0.15) is 0 Å². The Kier molecular flexibility index (Phi) is 1.95. The van der Waals surface area contributed by atoms with Crippen molar-refractivity contribution < 1.29 is 8.42 Å². The van der Waals surface area contributed by atoms with Gasteiger partial charge in [0.25, 0.3) is 0 Å². The maximum atomic E-state index is 12.0. The second-order valence-corrected chi connectivity index (χ2v) is 7.24. The van der Waals surface area contributed by atoms with Crippen LogP contribution in [0.4, 0.5) is 0 Å². The molecule has 1 aromatic heterocycles. The zero-order valence-corrected chi connectivity index (χ0v) is 10.1. The predicted octanol–water partition coefficient (Wildman–Crippen LogP) is 1.27. The van der Waals surface area contributed by atoms with Crippen molar-refractivity contribution >= 4 is 21.6 Å². The van der Waals surface area contributed by atoms with E-state index < -0.39 is 10.0 Å². The van der Waals surface area contributed by atoms with Crippen LogP contribution >= 0.6 is 11.6 Å². The summed E-state index contributed by atoms with van der Waals surface area (Å²) in [4.78, 5) is 3.89. The van der Waals surface area contributed by atoms with Crippen molar-refractivity contribution in [3.63, 3.8) is 0 Å². The van der Waals surface area contributed by atoms with Gasteiger partial charge in [0.2, 0.25) is 10.0 Å². The zero-order valence-electron chi connectivity index (χ0n) is 8.48. The van der Waals surface area contributed by atoms with E-state index in [2.05, 4.69) is 9.71 Å². The molecule has 16 heavy (non-hydrogen) atoms. The maximum absolute atomic E-state index is 12.0. The normalized spacial score (nSPS) is 36.3. The third kappa shape index (κ3) is 1.46. The molecule has 3 saturated carbocycles. The largest absolute Gasteiger partial charge is 0.263 e. The summed E-state index contributed by atoms with van der Waals surface area (Å²) in [6.45, 7) is 0. The van der Waals surface area contributed by atoms with Crippen LogP contribution in [0.25, 0.3) is 0 Å². The molecule has 3 aliphatic rings. The molecule has 0 unspecified atom stereocenters. The standard InChI is InChI=1S/C10H11ClN2O2S/c11-9-5-10(6-9,7-9)13-16(14,15)8-2-1-3-12-4-8/h1-4,13H,5-7H2. The van der Waals surface area contributed by atoms with Gasteiger partial charge in [0.05, 0.1) is 4.87 Å². The molecule has 1 N–H and O–H groups in total. The summed E-state index contributed by atoms with van der Waals surface area (Å²) in [6, 6.07) is 3.15. The monoisotopic (exact) mass is 258 g/mol. The molecule has 0 aromatic carbocycles. The summed E-state index contributed by atoms with van der Waals surface area (Å²) in [7, 11) is -3.44. The number of aromatic nitrogens is 1. The quantitative estimate of drug-likeness (QED) is 0.831. The Morgan fingerprint density at radius 2 is 2.06 bits per heavy atom. The number of nitrogens with zero attached hydrogens (tertiary/aromatic N) is 1. The third-order valence-electron chi connectivity index (χ3n) is 3.26. The summed E-state index contributed by atoms with van der Waals surface area (Å²) < 4.78 is 26.7. The van der Waals surface area contributed by atoms with E-state index in [1.165, 1.54) is 12.3 Å². The highest BCUT2D eigenvalue weighted by Gasteiger charge is 2.68. The van der Waals surface area contributed by atoms with Gasteiger partial charge in [-0.05, 0) is 31.4 Å². The first-order valence-electron chi connectivity index (χ1n) is 5.06. The van der Waals surface area contributed by atoms with E-state index in [9.17, 15) is 8.42 Å². The van der Waals surface area contributed by atoms with Crippen molar-refractivity contribution in [3.05, 3.63) is 24.5 Å². The lowest BCUT2D eigenvalue weighted by molar-refractivity contribution is -0.00440. The Morgan fingerprint density at radius 1 is 1.38 bits per heavy atom. The highest BCUT2D eigenvalue weighted by atomic mass is 35.5. The molecule has 0 saturated heterocycles. The van der Waals surface area contributed by atoms with Gasteiger partial charge in [0.15, 0.2) is 0 Å². The molecule has 1 aromatic rings. The summed E-state index contributed by atoms with van der Waals surface area (Å²) in [6.07, 6.45) is 5.11. The highest BCUT2D eigenvalue weighted by molar-refractivity contribution is 7.89. The van der Waals surface area contributed by atoms with Crippen molar-refractivity contribution in [1.29, 1.82) is 0 Å². The van der Waals surface area contributed by atoms with Gasteiger partial charge in [-0.15, -0.1) is 11.6 Å². The number of halogens is 1. The fourth-order valence-electron chi connectivity index (χ4n) is 2.62. The van der Waals surface area contributed by atoms with E-state index >= 15 is 0 Å². The molecule has 0 amide bonds. The molecule has 3 fully saturated rings. The van der Waals surface area contributed by atoms with E-state index in [1.54, 1.807) is 12.3 Å². The number of nitrogens with one attached hydrogen (secondary N) is 1. The van der Waals surface area contributed by atoms with Crippen LogP contribution in [0, 0.1) is 0 Å². The third-order valence-corrected chi connectivity index (χ3v) is 5.23. The van der Waals surface area contributed by atoms with Gasteiger partial charge in [0.1, 0.15) is 4.90 Å². The maximum Gasteiger partial charge on any atom is 0.242 e. The van der Waals surface area contributed by atoms with Crippen molar-refractivity contribution in [2.75, 3.05) is 0 Å². The molecule has 0 atom stereocenters. The average molecular weight is 259 g/mol. The van der Waals surface area contributed by atoms with Gasteiger partial charge in [-0.25, -0.2) is 13.1 Å². The van der Waals surface area contributed by atoms with Gasteiger partial charge >= 0.3 is 0 Å². The Morgan fingerprint density at radius 3 is 2.56 bits per heavy atom. The Balaban J connectivity index is 1.81. The van der Waals surface area contributed by atoms with Crippen LogP contribution in [0.1, 0.15) is 19.3 Å². The summed E-state index contributed by atoms with van der Waals surface area (Å²) in [5.41, 5.74) is -0.281. The molecular weight excluding hydrogens is 248 g/mol. The van der Waals surface area contributed by atoms with Crippen molar-refractivity contribution in [1.82, 2.24) is 9.71 Å². The number of pyridine rings is 1. The van der Waals surface area contributed by atoms with Crippen LogP contribution in [0.5, 0.6) is 0 Å². The number of alkyl halides is 1. The van der Waals surface area contributed by atoms with E-state index in [4.69, 9.17) is 11.6 Å². The minimum atomic E-state index is -3.44. The van der Waals surface area contributed by atoms with Crippen molar-refractivity contribution in [3.8, 4) is 0 Å². The fourth-order valence-corrected chi connectivity index (χ4v) is 4.75. The molecule has 6 heteroatoms. The Hall–Kier alpha value is -0.650. The summed E-state index contributed by atoms with van der Waals surface area (Å²) in [5.74, 6) is 0. The minimum Gasteiger partial charge on any atom is -0.263 e. The number of sulfonamides is 1. The molecule has 0 spiro atoms. The lowest BCUT2D eigenvalue weighted by Gasteiger charge is -2.67. The molecule has 0 aliphatic heterocycles. The van der Waals surface area contributed by atoms with Gasteiger partial charge in [-0.3, -0.25) is 4.98 Å². The number of hydrogen-bond donors (Lipinski definition) is 1. The fraction of sp³-hybridized carbons (Fsp3) is 0.500. The van der Waals surface area contributed by atoms with E-state index in [1.807, 2.05) is 0 Å². The lowest BCUT2D eigenvalue weighted by Crippen LogP contribution is -2.76. The van der Waals surface area contributed by atoms with Crippen molar-refractivity contribution in [2.24, 2.45) is 0 Å². The molecule has 1 heterocycles. The first-order valence-corrected chi connectivity index (χ1v) is 6.92. The zero-order chi connectivity index (χ0) is 11.4. The van der Waals surface area contributed by atoms with Crippen LogP contribution in [0.15, 0.2) is 29.4 Å². The summed E-state index contributed by atoms with van der Waals surface area (Å²) >= 11 is 6.09. The van der Waals surface area contributed by atoms with E-state index in [-0.39, 0.29) is 15.3 Å². The van der Waals surface area contributed by atoms with E-state index in [0.717, 1.165) is 19.3 Å². The predicted molar refractivity (Wildman–Crippen MR) is 59.7 cm³/mol. The highest BCUT2D eigenvalue weighted by Crippen LogP contribution is 2.64. The molecule has 86 valence electrons. The first-order chi connectivity index (χ1) is 7.43. The second-order valence-electron chi connectivity index (χ2n) is 4.76. The molecule has 3 aliphatic carbocycles. The smallest absolute Gasteiger partial charge is 0.242 e. The van der Waals surface area contributed by atoms with Crippen LogP contribution < -0.4 is 4.72 Å². The van der Waals surface area contributed by atoms with Gasteiger partial charge in [-0.1, -0.05) is 0 Å². The molecule has 4 nitrogen and oxygen atoms in total. The van der Waals surface area contributed by atoms with Gasteiger partial charge < -0.3 is 0 Å². The lowest BCUT2D eigenvalue weighted by atomic mass is 9.49. The van der Waals surface area contributed by atoms with Crippen LogP contribution in [0.2, 0.25) is 0 Å². The van der Waals surface area contributed by atoms with Crippen LogP contribution in [-0.2, 0) is 10.0 Å². The Bertz CT molecular complexity index is 509. The topological polar surface area (TPSA) is 59.1 Å². The van der Waals surface area contributed by atoms with Crippen molar-refractivity contribution in [2.45, 2.75) is 34.6 Å². The Labute approximate surface area is 99.1 Å². The average Bonchev–Trinajstić information content (AvgIpc) is 2.15. The van der Waals surface area contributed by atoms with Crippen LogP contribution in [-0.4, -0.2) is 23.8 Å². The second kappa shape index (κ2) is 2.97. The number of hydrogen-bond acceptors (Lipinski definition) is 3. The molecule has 2 bridgehead atoms. The summed E-state index contributed by atoms with van der Waals surface area (Å²) in [5, 5.41) is 0. The molecular formula is C10H11ClN2O2S. The first kappa shape index (κ1) is 10.5.